The van der Waals surface area contributed by atoms with Gasteiger partial charge in [-0.05, 0) is 45.3 Å². The molecular formula is C17H30N6O. The van der Waals surface area contributed by atoms with E-state index in [0.29, 0.717) is 12.2 Å². The van der Waals surface area contributed by atoms with Gasteiger partial charge in [0, 0.05) is 24.5 Å². The van der Waals surface area contributed by atoms with Crippen LogP contribution < -0.4 is 31.9 Å². The fourth-order valence-electron chi connectivity index (χ4n) is 2.17. The fourth-order valence-corrected chi connectivity index (χ4v) is 2.17. The van der Waals surface area contributed by atoms with Gasteiger partial charge in [-0.3, -0.25) is 15.4 Å². The predicted molar refractivity (Wildman–Crippen MR) is 99.7 cm³/mol. The first-order valence-electron chi connectivity index (χ1n) is 8.24. The summed E-state index contributed by atoms with van der Waals surface area (Å²) >= 11 is 0. The molecule has 0 aliphatic carbocycles. The average Bonchev–Trinajstić information content (AvgIpc) is 2.60. The Hall–Kier alpha value is -2.09. The molecule has 0 saturated heterocycles. The molecule has 0 fully saturated rings. The van der Waals surface area contributed by atoms with Crippen LogP contribution >= 0.6 is 0 Å². The van der Waals surface area contributed by atoms with Crippen molar-refractivity contribution in [1.82, 2.24) is 26.6 Å². The quantitative estimate of drug-likeness (QED) is 0.333. The molecule has 0 aromatic heterocycles. The van der Waals surface area contributed by atoms with Crippen LogP contribution in [0.1, 0.15) is 23.7 Å². The average molecular weight is 334 g/mol. The van der Waals surface area contributed by atoms with Crippen molar-refractivity contribution in [1.29, 1.82) is 0 Å². The number of anilines is 1. The van der Waals surface area contributed by atoms with Crippen LogP contribution in [0.25, 0.3) is 0 Å². The molecule has 0 aliphatic rings. The molecule has 1 rings (SSSR count). The molecule has 7 heteroatoms. The number of amides is 1. The number of rotatable bonds is 11. The van der Waals surface area contributed by atoms with E-state index in [0.717, 1.165) is 24.4 Å². The first-order chi connectivity index (χ1) is 11.7. The Balaban J connectivity index is 2.83. The van der Waals surface area contributed by atoms with Crippen molar-refractivity contribution >= 4 is 11.6 Å². The lowest BCUT2D eigenvalue weighted by molar-refractivity contribution is 0.0961. The Labute approximate surface area is 144 Å². The van der Waals surface area contributed by atoms with Crippen molar-refractivity contribution in [2.75, 3.05) is 39.7 Å². The van der Waals surface area contributed by atoms with Crippen molar-refractivity contribution in [2.45, 2.75) is 19.5 Å². The van der Waals surface area contributed by atoms with E-state index in [-0.39, 0.29) is 12.1 Å². The SMILES string of the molecule is CCCNC(NC)/C(=C\NC)NC(=O)c1cccc(NCNC)c1. The van der Waals surface area contributed by atoms with Gasteiger partial charge < -0.3 is 21.3 Å². The molecular weight excluding hydrogens is 304 g/mol. The topological polar surface area (TPSA) is 89.2 Å². The summed E-state index contributed by atoms with van der Waals surface area (Å²) in [6.07, 6.45) is 2.66. The Morgan fingerprint density at radius 2 is 2.04 bits per heavy atom. The lowest BCUT2D eigenvalue weighted by atomic mass is 10.2. The summed E-state index contributed by atoms with van der Waals surface area (Å²) in [6, 6.07) is 7.42. The van der Waals surface area contributed by atoms with Gasteiger partial charge in [0.2, 0.25) is 0 Å². The Morgan fingerprint density at radius 1 is 1.25 bits per heavy atom. The van der Waals surface area contributed by atoms with Crippen LogP contribution in [0, 0.1) is 0 Å². The number of likely N-dealkylation sites (N-methyl/N-ethyl adjacent to an activating group) is 1. The van der Waals surface area contributed by atoms with Crippen molar-refractivity contribution in [2.24, 2.45) is 0 Å². The Kier molecular flexibility index (Phi) is 9.52. The van der Waals surface area contributed by atoms with Gasteiger partial charge in [0.15, 0.2) is 0 Å². The van der Waals surface area contributed by atoms with E-state index in [1.807, 2.05) is 32.3 Å². The number of carbonyl (C=O) groups is 1. The van der Waals surface area contributed by atoms with Gasteiger partial charge in [-0.2, -0.15) is 0 Å². The molecule has 0 radical (unpaired) electrons. The molecule has 1 unspecified atom stereocenters. The molecule has 6 N–H and O–H groups in total. The van der Waals surface area contributed by atoms with Gasteiger partial charge in [-0.1, -0.05) is 13.0 Å². The molecule has 1 amide bonds. The van der Waals surface area contributed by atoms with Crippen molar-refractivity contribution < 1.29 is 4.79 Å². The third-order valence-electron chi connectivity index (χ3n) is 3.35. The second kappa shape index (κ2) is 11.4. The maximum Gasteiger partial charge on any atom is 0.255 e. The number of carbonyl (C=O) groups excluding carboxylic acids is 1. The minimum atomic E-state index is -0.150. The van der Waals surface area contributed by atoms with Crippen molar-refractivity contribution in [3.8, 4) is 0 Å². The summed E-state index contributed by atoms with van der Waals surface area (Å²) in [5.41, 5.74) is 2.24. The molecule has 0 spiro atoms. The maximum absolute atomic E-state index is 12.6. The molecule has 0 heterocycles. The Bertz CT molecular complexity index is 532. The van der Waals surface area contributed by atoms with Crippen LogP contribution in [0.15, 0.2) is 36.2 Å². The third kappa shape index (κ3) is 6.57. The highest BCUT2D eigenvalue weighted by Gasteiger charge is 2.15. The van der Waals surface area contributed by atoms with Crippen LogP contribution in [0.3, 0.4) is 0 Å². The normalized spacial score (nSPS) is 12.6. The van der Waals surface area contributed by atoms with Gasteiger partial charge in [0.25, 0.3) is 5.91 Å². The second-order valence-corrected chi connectivity index (χ2v) is 5.31. The highest BCUT2D eigenvalue weighted by atomic mass is 16.1. The van der Waals surface area contributed by atoms with Crippen LogP contribution in [0.5, 0.6) is 0 Å². The van der Waals surface area contributed by atoms with Crippen LogP contribution in [-0.2, 0) is 0 Å². The summed E-state index contributed by atoms with van der Waals surface area (Å²) in [4.78, 5) is 12.6. The molecule has 1 aromatic rings. The van der Waals surface area contributed by atoms with E-state index >= 15 is 0 Å². The highest BCUT2D eigenvalue weighted by Crippen LogP contribution is 2.11. The van der Waals surface area contributed by atoms with Crippen molar-refractivity contribution in [3.05, 3.63) is 41.7 Å². The largest absolute Gasteiger partial charge is 0.392 e. The first kappa shape index (κ1) is 20.0. The van der Waals surface area contributed by atoms with Crippen LogP contribution in [0.4, 0.5) is 5.69 Å². The van der Waals surface area contributed by atoms with E-state index in [9.17, 15) is 4.79 Å². The summed E-state index contributed by atoms with van der Waals surface area (Å²) in [7, 11) is 5.52. The maximum atomic E-state index is 12.6. The van der Waals surface area contributed by atoms with Crippen LogP contribution in [0.2, 0.25) is 0 Å². The summed E-state index contributed by atoms with van der Waals surface area (Å²) in [5, 5.41) is 18.7. The zero-order chi connectivity index (χ0) is 17.8. The molecule has 24 heavy (non-hydrogen) atoms. The van der Waals surface area contributed by atoms with E-state index in [2.05, 4.69) is 38.8 Å². The van der Waals surface area contributed by atoms with Gasteiger partial charge >= 0.3 is 0 Å². The highest BCUT2D eigenvalue weighted by molar-refractivity contribution is 5.96. The number of nitrogens with one attached hydrogen (secondary N) is 6. The third-order valence-corrected chi connectivity index (χ3v) is 3.35. The number of hydrogen-bond acceptors (Lipinski definition) is 6. The summed E-state index contributed by atoms with van der Waals surface area (Å²) in [5.74, 6) is -0.150. The summed E-state index contributed by atoms with van der Waals surface area (Å²) in [6.45, 7) is 3.59. The van der Waals surface area contributed by atoms with Gasteiger partial charge in [0.05, 0.1) is 12.4 Å². The van der Waals surface area contributed by atoms with E-state index in [1.165, 1.54) is 0 Å². The van der Waals surface area contributed by atoms with Gasteiger partial charge in [0.1, 0.15) is 6.17 Å². The number of benzene rings is 1. The zero-order valence-corrected chi connectivity index (χ0v) is 15.0. The zero-order valence-electron chi connectivity index (χ0n) is 15.0. The Morgan fingerprint density at radius 3 is 2.67 bits per heavy atom. The monoisotopic (exact) mass is 334 g/mol. The first-order valence-corrected chi connectivity index (χ1v) is 8.24. The molecule has 0 saturated carbocycles. The second-order valence-electron chi connectivity index (χ2n) is 5.31. The van der Waals surface area contributed by atoms with Crippen LogP contribution in [-0.4, -0.2) is 46.4 Å². The smallest absolute Gasteiger partial charge is 0.255 e. The molecule has 1 aromatic carbocycles. The lowest BCUT2D eigenvalue weighted by Gasteiger charge is -2.22. The van der Waals surface area contributed by atoms with E-state index < -0.39 is 0 Å². The standard InChI is InChI=1S/C17H30N6O/c1-5-9-21-16(20-4)15(11-18-2)23-17(24)13-7-6-8-14(10-13)22-12-19-3/h6-8,10-11,16,18-22H,5,9,12H2,1-4H3,(H,23,24)/b15-11+. The lowest BCUT2D eigenvalue weighted by Crippen LogP contribution is -2.47. The van der Waals surface area contributed by atoms with Crippen molar-refractivity contribution in [3.63, 3.8) is 0 Å². The van der Waals surface area contributed by atoms with E-state index in [4.69, 9.17) is 0 Å². The van der Waals surface area contributed by atoms with Gasteiger partial charge in [-0.15, -0.1) is 0 Å². The molecule has 7 nitrogen and oxygen atoms in total. The molecule has 134 valence electrons. The fraction of sp³-hybridized carbons (Fsp3) is 0.471. The molecule has 0 bridgehead atoms. The molecule has 0 aliphatic heterocycles. The van der Waals surface area contributed by atoms with Gasteiger partial charge in [-0.25, -0.2) is 0 Å². The van der Waals surface area contributed by atoms with E-state index in [1.54, 1.807) is 19.3 Å². The summed E-state index contributed by atoms with van der Waals surface area (Å²) < 4.78 is 0. The number of hydrogen-bond donors (Lipinski definition) is 6. The predicted octanol–water partition coefficient (Wildman–Crippen LogP) is 0.611. The minimum absolute atomic E-state index is 0.132. The minimum Gasteiger partial charge on any atom is -0.392 e. The molecule has 1 atom stereocenters.